The molecule has 0 aromatic carbocycles. The van der Waals surface area contributed by atoms with Gasteiger partial charge >= 0.3 is 5.97 Å². The number of hydrogen-bond acceptors (Lipinski definition) is 4. The highest BCUT2D eigenvalue weighted by Crippen LogP contribution is 2.03. The number of carbonyl (C=O) groups excluding carboxylic acids is 1. The lowest BCUT2D eigenvalue weighted by molar-refractivity contribution is -0.144. The quantitative estimate of drug-likeness (QED) is 0.437. The van der Waals surface area contributed by atoms with E-state index in [9.17, 15) is 9.59 Å². The van der Waals surface area contributed by atoms with Crippen molar-refractivity contribution < 1.29 is 19.5 Å². The molecule has 0 aromatic heterocycles. The third-order valence-corrected chi connectivity index (χ3v) is 1.37. The largest absolute Gasteiger partial charge is 0.480 e. The highest BCUT2D eigenvalue weighted by molar-refractivity contribution is 5.74. The lowest BCUT2D eigenvalue weighted by Gasteiger charge is -2.15. The third kappa shape index (κ3) is 3.30. The van der Waals surface area contributed by atoms with E-state index >= 15 is 0 Å². The molecule has 0 amide bonds. The molecule has 0 heterocycles. The molecular formula is C7H11NO4. The number of hydrogen-bond donors (Lipinski definition) is 2. The molecule has 0 aliphatic carbocycles. The molecule has 0 bridgehead atoms. The van der Waals surface area contributed by atoms with Crippen LogP contribution in [0.2, 0.25) is 0 Å². The summed E-state index contributed by atoms with van der Waals surface area (Å²) in [5, 5.41) is 8.61. The van der Waals surface area contributed by atoms with Gasteiger partial charge in [0.1, 0.15) is 12.0 Å². The standard InChI is InChI=1S/C7H11NO4/c1-5(3-4-9)6(7(10)11)8-12-2/h3,5-6,8H,1-2H3,(H,10,11)/t5?,6-/m0/s1. The fourth-order valence-corrected chi connectivity index (χ4v) is 0.713. The van der Waals surface area contributed by atoms with Gasteiger partial charge in [-0.15, -0.1) is 0 Å². The Morgan fingerprint density at radius 3 is 2.67 bits per heavy atom. The van der Waals surface area contributed by atoms with E-state index in [0.717, 1.165) is 6.08 Å². The molecule has 12 heavy (non-hydrogen) atoms. The topological polar surface area (TPSA) is 75.6 Å². The molecule has 0 saturated carbocycles. The average Bonchev–Trinajstić information content (AvgIpc) is 1.99. The smallest absolute Gasteiger partial charge is 0.323 e. The van der Waals surface area contributed by atoms with Crippen LogP contribution in [0.4, 0.5) is 0 Å². The van der Waals surface area contributed by atoms with Crippen LogP contribution in [0.1, 0.15) is 6.92 Å². The Balaban J connectivity index is 4.27. The maximum absolute atomic E-state index is 10.5. The first-order chi connectivity index (χ1) is 5.63. The second-order valence-corrected chi connectivity index (χ2v) is 2.28. The molecule has 0 saturated heterocycles. The highest BCUT2D eigenvalue weighted by Gasteiger charge is 2.22. The average molecular weight is 173 g/mol. The van der Waals surface area contributed by atoms with Crippen molar-refractivity contribution >= 4 is 11.9 Å². The first-order valence-corrected chi connectivity index (χ1v) is 3.35. The van der Waals surface area contributed by atoms with Gasteiger partial charge in [-0.3, -0.25) is 4.79 Å². The minimum absolute atomic E-state index is 0.458. The van der Waals surface area contributed by atoms with Crippen molar-refractivity contribution in [1.29, 1.82) is 0 Å². The summed E-state index contributed by atoms with van der Waals surface area (Å²) < 4.78 is 0. The second-order valence-electron chi connectivity index (χ2n) is 2.28. The van der Waals surface area contributed by atoms with Crippen LogP contribution in [0, 0.1) is 5.92 Å². The molecule has 0 spiro atoms. The molecule has 0 aromatic rings. The monoisotopic (exact) mass is 173 g/mol. The van der Waals surface area contributed by atoms with Crippen LogP contribution in [0.25, 0.3) is 0 Å². The van der Waals surface area contributed by atoms with E-state index in [4.69, 9.17) is 5.11 Å². The van der Waals surface area contributed by atoms with E-state index in [1.807, 2.05) is 0 Å². The Labute approximate surface area is 70.0 Å². The minimum atomic E-state index is -1.07. The predicted molar refractivity (Wildman–Crippen MR) is 41.0 cm³/mol. The lowest BCUT2D eigenvalue weighted by atomic mass is 10.0. The molecule has 68 valence electrons. The highest BCUT2D eigenvalue weighted by atomic mass is 16.6. The molecule has 0 rings (SSSR count). The zero-order chi connectivity index (χ0) is 9.56. The predicted octanol–water partition coefficient (Wildman–Crippen LogP) is -0.386. The van der Waals surface area contributed by atoms with Crippen LogP contribution >= 0.6 is 0 Å². The normalized spacial score (nSPS) is 14.5. The third-order valence-electron chi connectivity index (χ3n) is 1.37. The zero-order valence-electron chi connectivity index (χ0n) is 6.90. The summed E-state index contributed by atoms with van der Waals surface area (Å²) in [6.07, 6.45) is 1.13. The molecule has 5 heteroatoms. The number of carboxylic acid groups (broad SMARTS) is 1. The number of nitrogens with one attached hydrogen (secondary N) is 1. The number of aliphatic carboxylic acids is 1. The Morgan fingerprint density at radius 1 is 1.75 bits per heavy atom. The van der Waals surface area contributed by atoms with Crippen LogP contribution in [0.3, 0.4) is 0 Å². The molecule has 0 radical (unpaired) electrons. The number of hydroxylamine groups is 1. The molecule has 0 fully saturated rings. The molecule has 1 unspecified atom stereocenters. The Kier molecular flexibility index (Phi) is 4.96. The van der Waals surface area contributed by atoms with E-state index in [-0.39, 0.29) is 0 Å². The first-order valence-electron chi connectivity index (χ1n) is 3.35. The number of carbonyl (C=O) groups is 1. The van der Waals surface area contributed by atoms with Crippen molar-refractivity contribution in [1.82, 2.24) is 5.48 Å². The van der Waals surface area contributed by atoms with Crippen molar-refractivity contribution in [3.05, 3.63) is 6.08 Å². The van der Waals surface area contributed by atoms with E-state index in [1.165, 1.54) is 13.1 Å². The van der Waals surface area contributed by atoms with Crippen molar-refractivity contribution in [2.75, 3.05) is 7.11 Å². The zero-order valence-corrected chi connectivity index (χ0v) is 6.90. The lowest BCUT2D eigenvalue weighted by Crippen LogP contribution is -2.40. The first kappa shape index (κ1) is 10.8. The van der Waals surface area contributed by atoms with E-state index in [1.54, 1.807) is 6.92 Å². The van der Waals surface area contributed by atoms with Crippen molar-refractivity contribution in [2.24, 2.45) is 5.92 Å². The van der Waals surface area contributed by atoms with Gasteiger partial charge in [0.25, 0.3) is 0 Å². The van der Waals surface area contributed by atoms with Crippen LogP contribution < -0.4 is 5.48 Å². The molecular weight excluding hydrogens is 162 g/mol. The summed E-state index contributed by atoms with van der Waals surface area (Å²) in [4.78, 5) is 24.9. The summed E-state index contributed by atoms with van der Waals surface area (Å²) in [7, 11) is 1.31. The Morgan fingerprint density at radius 2 is 2.33 bits per heavy atom. The van der Waals surface area contributed by atoms with E-state index < -0.39 is 17.9 Å². The Hall–Kier alpha value is -1.16. The summed E-state index contributed by atoms with van der Waals surface area (Å²) in [6.45, 7) is 1.58. The van der Waals surface area contributed by atoms with Gasteiger partial charge < -0.3 is 9.94 Å². The molecule has 2 N–H and O–H groups in total. The molecule has 2 atom stereocenters. The van der Waals surface area contributed by atoms with Crippen LogP contribution in [-0.2, 0) is 14.4 Å². The minimum Gasteiger partial charge on any atom is -0.480 e. The maximum Gasteiger partial charge on any atom is 0.323 e. The van der Waals surface area contributed by atoms with Crippen molar-refractivity contribution in [2.45, 2.75) is 13.0 Å². The second kappa shape index (κ2) is 5.49. The van der Waals surface area contributed by atoms with Gasteiger partial charge in [0.15, 0.2) is 0 Å². The maximum atomic E-state index is 10.5. The molecule has 0 aliphatic heterocycles. The summed E-state index contributed by atoms with van der Waals surface area (Å²) in [5.74, 6) is -0.00433. The number of rotatable bonds is 5. The summed E-state index contributed by atoms with van der Waals surface area (Å²) >= 11 is 0. The Bertz CT molecular complexity index is 198. The summed E-state index contributed by atoms with van der Waals surface area (Å²) in [5.41, 5.74) is 2.26. The van der Waals surface area contributed by atoms with Gasteiger partial charge in [0.05, 0.1) is 7.11 Å². The van der Waals surface area contributed by atoms with Crippen LogP contribution in [-0.4, -0.2) is 30.2 Å². The number of carboxylic acids is 1. The van der Waals surface area contributed by atoms with E-state index in [2.05, 4.69) is 10.3 Å². The summed E-state index contributed by atoms with van der Waals surface area (Å²) in [6, 6.07) is -0.920. The molecule has 5 nitrogen and oxygen atoms in total. The van der Waals surface area contributed by atoms with Gasteiger partial charge in [-0.1, -0.05) is 6.92 Å². The van der Waals surface area contributed by atoms with Crippen LogP contribution in [0.15, 0.2) is 6.08 Å². The van der Waals surface area contributed by atoms with Gasteiger partial charge in [0, 0.05) is 12.0 Å². The van der Waals surface area contributed by atoms with Gasteiger partial charge in [-0.25, -0.2) is 4.79 Å². The fraction of sp³-hybridized carbons (Fsp3) is 0.571. The van der Waals surface area contributed by atoms with Gasteiger partial charge in [0.2, 0.25) is 0 Å². The SMILES string of the molecule is CON[C@H](C(=O)O)C(C)C=C=O. The van der Waals surface area contributed by atoms with Gasteiger partial charge in [-0.2, -0.15) is 5.48 Å². The van der Waals surface area contributed by atoms with Gasteiger partial charge in [-0.05, 0) is 0 Å². The fourth-order valence-electron chi connectivity index (χ4n) is 0.713. The van der Waals surface area contributed by atoms with E-state index in [0.29, 0.717) is 0 Å². The van der Waals surface area contributed by atoms with Crippen molar-refractivity contribution in [3.8, 4) is 0 Å². The van der Waals surface area contributed by atoms with Crippen LogP contribution in [0.5, 0.6) is 0 Å². The molecule has 0 aliphatic rings. The van der Waals surface area contributed by atoms with Crippen molar-refractivity contribution in [3.63, 3.8) is 0 Å².